The number of nitrogens with zero attached hydrogens (tertiary/aromatic N) is 5. The van der Waals surface area contributed by atoms with Gasteiger partial charge in [-0.05, 0) is 23.9 Å². The predicted molar refractivity (Wildman–Crippen MR) is 111 cm³/mol. The second-order valence-corrected chi connectivity index (χ2v) is 5.57. The van der Waals surface area contributed by atoms with Crippen LogP contribution in [-0.4, -0.2) is 38.9 Å². The van der Waals surface area contributed by atoms with Crippen molar-refractivity contribution in [2.75, 3.05) is 13.6 Å². The minimum atomic E-state index is 0. The number of hydrogen-bond donors (Lipinski definition) is 2. The van der Waals surface area contributed by atoms with Gasteiger partial charge in [0.15, 0.2) is 5.96 Å². The van der Waals surface area contributed by atoms with E-state index in [1.165, 1.54) is 10.9 Å². The molecule has 0 saturated carbocycles. The minimum absolute atomic E-state index is 0. The predicted octanol–water partition coefficient (Wildman–Crippen LogP) is 2.14. The number of guanidine groups is 1. The van der Waals surface area contributed by atoms with Crippen LogP contribution in [0, 0.1) is 0 Å². The summed E-state index contributed by atoms with van der Waals surface area (Å²) < 4.78 is 4.03. The van der Waals surface area contributed by atoms with Crippen molar-refractivity contribution in [1.82, 2.24) is 30.0 Å². The molecule has 0 aliphatic carbocycles. The van der Waals surface area contributed by atoms with Crippen LogP contribution in [-0.2, 0) is 20.1 Å². The summed E-state index contributed by atoms with van der Waals surface area (Å²) in [5.41, 5.74) is 1.28. The van der Waals surface area contributed by atoms with Gasteiger partial charge in [-0.1, -0.05) is 18.2 Å². The molecule has 0 radical (unpaired) electrons. The van der Waals surface area contributed by atoms with Crippen molar-refractivity contribution in [3.8, 4) is 0 Å². The van der Waals surface area contributed by atoms with Crippen LogP contribution in [0.2, 0.25) is 0 Å². The van der Waals surface area contributed by atoms with Crippen molar-refractivity contribution in [3.63, 3.8) is 0 Å². The van der Waals surface area contributed by atoms with E-state index in [9.17, 15) is 0 Å². The molecule has 0 aliphatic heterocycles. The van der Waals surface area contributed by atoms with Crippen LogP contribution in [0.1, 0.15) is 12.2 Å². The standard InChI is InChI=1S/C17H23N7.HI/c1-18-17(20-12-16-21-13-22-23(16)2)19-9-5-10-24-11-8-14-6-3-4-7-15(14)24;/h3-4,6-8,11,13H,5,9-10,12H2,1-2H3,(H2,18,19,20);1H. The van der Waals surface area contributed by atoms with E-state index in [1.807, 2.05) is 7.05 Å². The van der Waals surface area contributed by atoms with Gasteiger partial charge < -0.3 is 15.2 Å². The molecule has 2 N–H and O–H groups in total. The molecule has 0 aliphatic rings. The van der Waals surface area contributed by atoms with Crippen molar-refractivity contribution >= 4 is 40.8 Å². The summed E-state index contributed by atoms with van der Waals surface area (Å²) in [6, 6.07) is 10.6. The molecular formula is C17H24IN7. The smallest absolute Gasteiger partial charge is 0.191 e. The highest BCUT2D eigenvalue weighted by molar-refractivity contribution is 14.0. The lowest BCUT2D eigenvalue weighted by molar-refractivity contribution is 0.633. The molecular weight excluding hydrogens is 429 g/mol. The van der Waals surface area contributed by atoms with E-state index in [-0.39, 0.29) is 24.0 Å². The summed E-state index contributed by atoms with van der Waals surface area (Å²) in [6.07, 6.45) is 4.71. The molecule has 0 amide bonds. The molecule has 3 rings (SSSR count). The third kappa shape index (κ3) is 4.94. The first-order chi connectivity index (χ1) is 11.8. The number of aryl methyl sites for hydroxylation is 2. The highest BCUT2D eigenvalue weighted by Gasteiger charge is 2.03. The van der Waals surface area contributed by atoms with E-state index >= 15 is 0 Å². The van der Waals surface area contributed by atoms with E-state index in [0.29, 0.717) is 6.54 Å². The fraction of sp³-hybridized carbons (Fsp3) is 0.353. The average Bonchev–Trinajstić information content (AvgIpc) is 3.21. The highest BCUT2D eigenvalue weighted by atomic mass is 127. The van der Waals surface area contributed by atoms with E-state index in [4.69, 9.17) is 0 Å². The maximum absolute atomic E-state index is 4.23. The molecule has 2 aromatic heterocycles. The normalized spacial score (nSPS) is 11.4. The van der Waals surface area contributed by atoms with E-state index < -0.39 is 0 Å². The molecule has 0 unspecified atom stereocenters. The van der Waals surface area contributed by atoms with Crippen LogP contribution < -0.4 is 10.6 Å². The zero-order valence-corrected chi connectivity index (χ0v) is 16.8. The number of nitrogens with one attached hydrogen (secondary N) is 2. The summed E-state index contributed by atoms with van der Waals surface area (Å²) in [5.74, 6) is 1.65. The van der Waals surface area contributed by atoms with Gasteiger partial charge in [0.2, 0.25) is 0 Å². The van der Waals surface area contributed by atoms with Gasteiger partial charge in [0.05, 0.1) is 6.54 Å². The molecule has 7 nitrogen and oxygen atoms in total. The number of halogens is 1. The van der Waals surface area contributed by atoms with E-state index in [1.54, 1.807) is 18.1 Å². The first-order valence-electron chi connectivity index (χ1n) is 8.09. The van der Waals surface area contributed by atoms with Gasteiger partial charge in [-0.3, -0.25) is 9.67 Å². The van der Waals surface area contributed by atoms with Crippen LogP contribution in [0.15, 0.2) is 47.8 Å². The van der Waals surface area contributed by atoms with Gasteiger partial charge in [0, 0.05) is 38.9 Å². The number of para-hydroxylation sites is 1. The molecule has 0 spiro atoms. The van der Waals surface area contributed by atoms with Gasteiger partial charge >= 0.3 is 0 Å². The lowest BCUT2D eigenvalue weighted by Crippen LogP contribution is -2.38. The fourth-order valence-electron chi connectivity index (χ4n) is 2.66. The van der Waals surface area contributed by atoms with Crippen molar-refractivity contribution in [3.05, 3.63) is 48.7 Å². The number of hydrogen-bond acceptors (Lipinski definition) is 3. The van der Waals surface area contributed by atoms with Gasteiger partial charge in [-0.25, -0.2) is 4.98 Å². The van der Waals surface area contributed by atoms with Gasteiger partial charge in [0.1, 0.15) is 12.2 Å². The molecule has 0 saturated heterocycles. The maximum Gasteiger partial charge on any atom is 0.191 e. The Morgan fingerprint density at radius 2 is 2.04 bits per heavy atom. The van der Waals surface area contributed by atoms with Crippen molar-refractivity contribution in [1.29, 1.82) is 0 Å². The Hall–Kier alpha value is -2.10. The Morgan fingerprint density at radius 1 is 1.20 bits per heavy atom. The lowest BCUT2D eigenvalue weighted by atomic mass is 10.2. The number of benzene rings is 1. The molecule has 3 aromatic rings. The summed E-state index contributed by atoms with van der Waals surface area (Å²) in [4.78, 5) is 8.42. The number of aliphatic imine (C=N–C) groups is 1. The summed E-state index contributed by atoms with van der Waals surface area (Å²) in [5, 5.41) is 11.9. The Morgan fingerprint density at radius 3 is 2.80 bits per heavy atom. The Labute approximate surface area is 164 Å². The number of fused-ring (bicyclic) bond motifs is 1. The van der Waals surface area contributed by atoms with Gasteiger partial charge in [0.25, 0.3) is 0 Å². The van der Waals surface area contributed by atoms with Crippen molar-refractivity contribution in [2.24, 2.45) is 12.0 Å². The topological polar surface area (TPSA) is 72.1 Å². The number of rotatable bonds is 6. The van der Waals surface area contributed by atoms with Crippen molar-refractivity contribution < 1.29 is 0 Å². The molecule has 0 fully saturated rings. The molecule has 8 heteroatoms. The van der Waals surface area contributed by atoms with Crippen LogP contribution in [0.5, 0.6) is 0 Å². The summed E-state index contributed by atoms with van der Waals surface area (Å²) in [6.45, 7) is 2.42. The first kappa shape index (κ1) is 19.2. The zero-order chi connectivity index (χ0) is 16.8. The van der Waals surface area contributed by atoms with Crippen molar-refractivity contribution in [2.45, 2.75) is 19.5 Å². The van der Waals surface area contributed by atoms with Crippen LogP contribution >= 0.6 is 24.0 Å². The van der Waals surface area contributed by atoms with Gasteiger partial charge in [-0.2, -0.15) is 5.10 Å². The quantitative estimate of drug-likeness (QED) is 0.260. The Kier molecular flexibility index (Phi) is 7.23. The second kappa shape index (κ2) is 9.40. The molecule has 0 atom stereocenters. The lowest BCUT2D eigenvalue weighted by Gasteiger charge is -2.12. The maximum atomic E-state index is 4.23. The molecule has 134 valence electrons. The molecule has 2 heterocycles. The summed E-state index contributed by atoms with van der Waals surface area (Å²) in [7, 11) is 3.65. The second-order valence-electron chi connectivity index (χ2n) is 5.57. The SMILES string of the molecule is CN=C(NCCCn1ccc2ccccc21)NCc1ncnn1C.I. The molecule has 1 aromatic carbocycles. The third-order valence-electron chi connectivity index (χ3n) is 3.99. The number of aromatic nitrogens is 4. The zero-order valence-electron chi connectivity index (χ0n) is 14.5. The monoisotopic (exact) mass is 453 g/mol. The third-order valence-corrected chi connectivity index (χ3v) is 3.99. The largest absolute Gasteiger partial charge is 0.356 e. The van der Waals surface area contributed by atoms with Gasteiger partial charge in [-0.15, -0.1) is 24.0 Å². The highest BCUT2D eigenvalue weighted by Crippen LogP contribution is 2.15. The fourth-order valence-corrected chi connectivity index (χ4v) is 2.66. The minimum Gasteiger partial charge on any atom is -0.356 e. The molecule has 0 bridgehead atoms. The van der Waals surface area contributed by atoms with Crippen LogP contribution in [0.25, 0.3) is 10.9 Å². The Balaban J connectivity index is 0.00000225. The summed E-state index contributed by atoms with van der Waals surface area (Å²) >= 11 is 0. The van der Waals surface area contributed by atoms with E-state index in [0.717, 1.165) is 31.3 Å². The van der Waals surface area contributed by atoms with E-state index in [2.05, 4.69) is 66.8 Å². The van der Waals surface area contributed by atoms with Crippen LogP contribution in [0.4, 0.5) is 0 Å². The Bertz CT molecular complexity index is 821. The average molecular weight is 453 g/mol. The van der Waals surface area contributed by atoms with Crippen LogP contribution in [0.3, 0.4) is 0 Å². The molecule has 25 heavy (non-hydrogen) atoms. The first-order valence-corrected chi connectivity index (χ1v) is 8.09.